The van der Waals surface area contributed by atoms with Crippen molar-refractivity contribution in [2.24, 2.45) is 5.41 Å². The van der Waals surface area contributed by atoms with Gasteiger partial charge in [0.25, 0.3) is 0 Å². The number of nitrogens with zero attached hydrogens (tertiary/aromatic N) is 2. The zero-order chi connectivity index (χ0) is 15.4. The topological polar surface area (TPSA) is 15.7 Å². The molecule has 0 N–H and O–H groups in total. The van der Waals surface area contributed by atoms with Gasteiger partial charge in [-0.1, -0.05) is 20.8 Å². The molecule has 1 heterocycles. The van der Waals surface area contributed by atoms with Crippen molar-refractivity contribution < 1.29 is 4.74 Å². The van der Waals surface area contributed by atoms with E-state index < -0.39 is 0 Å². The van der Waals surface area contributed by atoms with Crippen LogP contribution in [0.1, 0.15) is 54.9 Å². The van der Waals surface area contributed by atoms with Gasteiger partial charge in [0.1, 0.15) is 0 Å². The highest BCUT2D eigenvalue weighted by Crippen LogP contribution is 2.31. The molecule has 120 valence electrons. The van der Waals surface area contributed by atoms with Crippen LogP contribution < -0.4 is 0 Å². The van der Waals surface area contributed by atoms with Crippen LogP contribution in [0.25, 0.3) is 0 Å². The zero-order valence-electron chi connectivity index (χ0n) is 14.8. The molecule has 0 aliphatic carbocycles. The predicted octanol–water partition coefficient (Wildman–Crippen LogP) is 3.24. The first-order valence-electron chi connectivity index (χ1n) is 8.19. The standard InChI is InChI=1S/C17H36N2O/c1-15(2)20-13-12-18-8-10-19(11-9-18)17(6,7)14-16(3,4)5/h15H,8-14H2,1-7H3. The molecule has 1 aliphatic rings. The van der Waals surface area contributed by atoms with Gasteiger partial charge in [0.15, 0.2) is 0 Å². The Kier molecular flexibility index (Phi) is 6.49. The van der Waals surface area contributed by atoms with Crippen LogP contribution >= 0.6 is 0 Å². The molecule has 0 aromatic carbocycles. The molecule has 0 aromatic heterocycles. The number of hydrogen-bond donors (Lipinski definition) is 0. The van der Waals surface area contributed by atoms with E-state index in [4.69, 9.17) is 4.74 Å². The molecule has 0 radical (unpaired) electrons. The molecule has 0 unspecified atom stereocenters. The van der Waals surface area contributed by atoms with Crippen molar-refractivity contribution in [2.45, 2.75) is 66.5 Å². The molecule has 1 fully saturated rings. The second-order valence-corrected chi connectivity index (χ2v) is 8.30. The van der Waals surface area contributed by atoms with Crippen LogP contribution in [0.2, 0.25) is 0 Å². The molecule has 0 atom stereocenters. The third-order valence-electron chi connectivity index (χ3n) is 4.05. The van der Waals surface area contributed by atoms with Crippen LogP contribution in [0, 0.1) is 5.41 Å². The molecular formula is C17H36N2O. The number of ether oxygens (including phenoxy) is 1. The molecule has 3 heteroatoms. The van der Waals surface area contributed by atoms with Crippen molar-refractivity contribution in [3.8, 4) is 0 Å². The molecular weight excluding hydrogens is 248 g/mol. The highest BCUT2D eigenvalue weighted by Gasteiger charge is 2.33. The lowest BCUT2D eigenvalue weighted by Gasteiger charge is -2.46. The Balaban J connectivity index is 2.34. The fourth-order valence-corrected chi connectivity index (χ4v) is 3.40. The van der Waals surface area contributed by atoms with Gasteiger partial charge < -0.3 is 4.74 Å². The molecule has 1 rings (SSSR count). The van der Waals surface area contributed by atoms with Gasteiger partial charge in [-0.25, -0.2) is 0 Å². The number of rotatable bonds is 6. The molecule has 3 nitrogen and oxygen atoms in total. The van der Waals surface area contributed by atoms with Gasteiger partial charge in [-0.05, 0) is 39.5 Å². The minimum Gasteiger partial charge on any atom is -0.377 e. The third-order valence-corrected chi connectivity index (χ3v) is 4.05. The van der Waals surface area contributed by atoms with E-state index >= 15 is 0 Å². The summed E-state index contributed by atoms with van der Waals surface area (Å²) in [4.78, 5) is 5.20. The summed E-state index contributed by atoms with van der Waals surface area (Å²) in [6, 6.07) is 0. The maximum atomic E-state index is 5.65. The predicted molar refractivity (Wildman–Crippen MR) is 87.3 cm³/mol. The van der Waals surface area contributed by atoms with Crippen molar-refractivity contribution in [3.05, 3.63) is 0 Å². The van der Waals surface area contributed by atoms with Gasteiger partial charge in [0, 0.05) is 38.3 Å². The SMILES string of the molecule is CC(C)OCCN1CCN(C(C)(C)CC(C)(C)C)CC1. The first-order valence-corrected chi connectivity index (χ1v) is 8.19. The lowest BCUT2D eigenvalue weighted by Crippen LogP contribution is -2.55. The fourth-order valence-electron chi connectivity index (χ4n) is 3.40. The Morgan fingerprint density at radius 2 is 1.50 bits per heavy atom. The maximum absolute atomic E-state index is 5.65. The maximum Gasteiger partial charge on any atom is 0.0596 e. The van der Waals surface area contributed by atoms with Crippen LogP contribution in [-0.4, -0.2) is 60.8 Å². The second kappa shape index (κ2) is 7.24. The lowest BCUT2D eigenvalue weighted by molar-refractivity contribution is 0.00981. The highest BCUT2D eigenvalue weighted by molar-refractivity contribution is 4.89. The quantitative estimate of drug-likeness (QED) is 0.745. The van der Waals surface area contributed by atoms with Crippen LogP contribution in [-0.2, 0) is 4.74 Å². The van der Waals surface area contributed by atoms with Crippen LogP contribution in [0.15, 0.2) is 0 Å². The minimum atomic E-state index is 0.304. The normalized spacial score (nSPS) is 19.8. The summed E-state index contributed by atoms with van der Waals surface area (Å²) in [6.45, 7) is 22.7. The van der Waals surface area contributed by atoms with Crippen molar-refractivity contribution in [3.63, 3.8) is 0 Å². The summed E-state index contributed by atoms with van der Waals surface area (Å²) in [5, 5.41) is 0. The highest BCUT2D eigenvalue weighted by atomic mass is 16.5. The Bertz CT molecular complexity index is 273. The van der Waals surface area contributed by atoms with E-state index in [0.29, 0.717) is 17.1 Å². The van der Waals surface area contributed by atoms with Gasteiger partial charge in [-0.15, -0.1) is 0 Å². The molecule has 0 saturated carbocycles. The lowest BCUT2D eigenvalue weighted by atomic mass is 9.80. The Morgan fingerprint density at radius 3 is 1.95 bits per heavy atom. The molecule has 1 aliphatic heterocycles. The fraction of sp³-hybridized carbons (Fsp3) is 1.00. The van der Waals surface area contributed by atoms with E-state index in [1.807, 2.05) is 0 Å². The third kappa shape index (κ3) is 6.55. The van der Waals surface area contributed by atoms with Gasteiger partial charge in [-0.3, -0.25) is 9.80 Å². The Hall–Kier alpha value is -0.120. The average molecular weight is 284 g/mol. The van der Waals surface area contributed by atoms with Crippen molar-refractivity contribution in [1.82, 2.24) is 9.80 Å². The summed E-state index contributed by atoms with van der Waals surface area (Å²) in [5.74, 6) is 0. The van der Waals surface area contributed by atoms with E-state index in [1.165, 1.54) is 32.6 Å². The van der Waals surface area contributed by atoms with E-state index in [0.717, 1.165) is 13.2 Å². The second-order valence-electron chi connectivity index (χ2n) is 8.30. The summed E-state index contributed by atoms with van der Waals surface area (Å²) in [6.07, 6.45) is 1.60. The van der Waals surface area contributed by atoms with E-state index in [9.17, 15) is 0 Å². The van der Waals surface area contributed by atoms with E-state index in [2.05, 4.69) is 58.3 Å². The summed E-state index contributed by atoms with van der Waals surface area (Å²) in [7, 11) is 0. The van der Waals surface area contributed by atoms with Crippen molar-refractivity contribution >= 4 is 0 Å². The zero-order valence-corrected chi connectivity index (χ0v) is 14.8. The summed E-state index contributed by atoms with van der Waals surface area (Å²) < 4.78 is 5.65. The molecule has 0 spiro atoms. The van der Waals surface area contributed by atoms with E-state index in [1.54, 1.807) is 0 Å². The largest absolute Gasteiger partial charge is 0.377 e. The average Bonchev–Trinajstić information content (AvgIpc) is 2.26. The van der Waals surface area contributed by atoms with Crippen LogP contribution in [0.3, 0.4) is 0 Å². The van der Waals surface area contributed by atoms with Crippen molar-refractivity contribution in [2.75, 3.05) is 39.3 Å². The van der Waals surface area contributed by atoms with Gasteiger partial charge in [-0.2, -0.15) is 0 Å². The Labute approximate surface area is 126 Å². The summed E-state index contributed by atoms with van der Waals surface area (Å²) >= 11 is 0. The monoisotopic (exact) mass is 284 g/mol. The molecule has 0 bridgehead atoms. The van der Waals surface area contributed by atoms with Gasteiger partial charge in [0.05, 0.1) is 12.7 Å². The van der Waals surface area contributed by atoms with Crippen LogP contribution in [0.4, 0.5) is 0 Å². The summed E-state index contributed by atoms with van der Waals surface area (Å²) in [5.41, 5.74) is 0.699. The van der Waals surface area contributed by atoms with E-state index in [-0.39, 0.29) is 0 Å². The molecule has 0 amide bonds. The number of hydrogen-bond acceptors (Lipinski definition) is 3. The molecule has 1 saturated heterocycles. The smallest absolute Gasteiger partial charge is 0.0596 e. The van der Waals surface area contributed by atoms with Crippen molar-refractivity contribution in [1.29, 1.82) is 0 Å². The minimum absolute atomic E-state index is 0.304. The van der Waals surface area contributed by atoms with Gasteiger partial charge >= 0.3 is 0 Å². The molecule has 20 heavy (non-hydrogen) atoms. The molecule has 0 aromatic rings. The first-order chi connectivity index (χ1) is 9.10. The first kappa shape index (κ1) is 17.9. The van der Waals surface area contributed by atoms with Gasteiger partial charge in [0.2, 0.25) is 0 Å². The van der Waals surface area contributed by atoms with Crippen LogP contribution in [0.5, 0.6) is 0 Å². The number of piperazine rings is 1. The Morgan fingerprint density at radius 1 is 0.950 bits per heavy atom.